The first-order valence-electron chi connectivity index (χ1n) is 10.0. The molecular weight excluding hydrogens is 393 g/mol. The highest BCUT2D eigenvalue weighted by molar-refractivity contribution is 8.00. The Hall–Kier alpha value is -2.22. The molecule has 0 unspecified atom stereocenters. The van der Waals surface area contributed by atoms with Crippen molar-refractivity contribution in [3.8, 4) is 0 Å². The lowest BCUT2D eigenvalue weighted by molar-refractivity contribution is -0.131. The normalized spacial score (nSPS) is 19.6. The van der Waals surface area contributed by atoms with E-state index in [2.05, 4.69) is 18.2 Å². The van der Waals surface area contributed by atoms with Crippen LogP contribution in [0.3, 0.4) is 0 Å². The molecule has 2 aliphatic rings. The third-order valence-corrected chi connectivity index (χ3v) is 6.80. The zero-order valence-corrected chi connectivity index (χ0v) is 18.0. The largest absolute Gasteiger partial charge is 0.354 e. The van der Waals surface area contributed by atoms with Crippen molar-refractivity contribution >= 4 is 26.7 Å². The van der Waals surface area contributed by atoms with Crippen molar-refractivity contribution in [2.24, 2.45) is 10.3 Å². The Labute approximate surface area is 172 Å². The highest BCUT2D eigenvalue weighted by atomic mass is 32.2. The minimum atomic E-state index is -3.84. The van der Waals surface area contributed by atoms with Crippen molar-refractivity contribution in [1.82, 2.24) is 9.80 Å². The van der Waals surface area contributed by atoms with Gasteiger partial charge >= 0.3 is 0 Å². The second-order valence-electron chi connectivity index (χ2n) is 8.00. The molecule has 0 spiro atoms. The van der Waals surface area contributed by atoms with Gasteiger partial charge in [0.05, 0.1) is 0 Å². The molecule has 2 heterocycles. The van der Waals surface area contributed by atoms with Gasteiger partial charge < -0.3 is 9.80 Å². The van der Waals surface area contributed by atoms with Crippen molar-refractivity contribution in [1.29, 1.82) is 0 Å². The average molecular weight is 422 g/mol. The van der Waals surface area contributed by atoms with Crippen LogP contribution in [0.15, 0.2) is 34.2 Å². The minimum Gasteiger partial charge on any atom is -0.354 e. The smallest absolute Gasteiger partial charge is 0.285 e. The van der Waals surface area contributed by atoms with Gasteiger partial charge in [-0.1, -0.05) is 26.0 Å². The van der Waals surface area contributed by atoms with Gasteiger partial charge in [-0.2, -0.15) is 8.42 Å². The van der Waals surface area contributed by atoms with Gasteiger partial charge in [-0.25, -0.2) is 4.39 Å². The summed E-state index contributed by atoms with van der Waals surface area (Å²) in [6, 6.07) is 5.41. The number of amidine groups is 1. The van der Waals surface area contributed by atoms with E-state index in [0.29, 0.717) is 55.5 Å². The molecule has 158 valence electrons. The maximum atomic E-state index is 13.2. The van der Waals surface area contributed by atoms with E-state index in [-0.39, 0.29) is 10.8 Å². The molecule has 0 radical (unpaired) electrons. The summed E-state index contributed by atoms with van der Waals surface area (Å²) in [4.78, 5) is 16.4. The van der Waals surface area contributed by atoms with Gasteiger partial charge in [-0.15, -0.1) is 4.40 Å². The van der Waals surface area contributed by atoms with Crippen LogP contribution in [0.5, 0.6) is 0 Å². The van der Waals surface area contributed by atoms with E-state index in [1.807, 2.05) is 9.80 Å². The molecule has 0 N–H and O–H groups in total. The van der Waals surface area contributed by atoms with Gasteiger partial charge in [0.15, 0.2) is 0 Å². The van der Waals surface area contributed by atoms with Crippen molar-refractivity contribution < 1.29 is 17.6 Å². The van der Waals surface area contributed by atoms with E-state index >= 15 is 0 Å². The average Bonchev–Trinajstić information content (AvgIpc) is 2.82. The number of benzene rings is 1. The van der Waals surface area contributed by atoms with Crippen molar-refractivity contribution in [3.05, 3.63) is 41.2 Å². The maximum absolute atomic E-state index is 13.2. The molecule has 6 nitrogen and oxygen atoms in total. The zero-order valence-electron chi connectivity index (χ0n) is 17.2. The van der Waals surface area contributed by atoms with Crippen LogP contribution in [0.2, 0.25) is 0 Å². The van der Waals surface area contributed by atoms with E-state index in [1.54, 1.807) is 6.92 Å². The lowest BCUT2D eigenvalue weighted by Crippen LogP contribution is -2.37. The van der Waals surface area contributed by atoms with Crippen LogP contribution < -0.4 is 0 Å². The van der Waals surface area contributed by atoms with E-state index in [9.17, 15) is 17.6 Å². The fraction of sp³-hybridized carbons (Fsp3) is 0.524. The van der Waals surface area contributed by atoms with Crippen molar-refractivity contribution in [2.45, 2.75) is 40.0 Å². The summed E-state index contributed by atoms with van der Waals surface area (Å²) in [7, 11) is -3.84. The Morgan fingerprint density at radius 2 is 1.83 bits per heavy atom. The molecule has 0 aliphatic carbocycles. The first-order valence-corrected chi connectivity index (χ1v) is 11.5. The van der Waals surface area contributed by atoms with Gasteiger partial charge in [-0.05, 0) is 43.4 Å². The number of carbonyl (C=O) groups excluding carboxylic acids is 1. The fourth-order valence-corrected chi connectivity index (χ4v) is 5.22. The van der Waals surface area contributed by atoms with Crippen LogP contribution in [0.25, 0.3) is 4.91 Å². The van der Waals surface area contributed by atoms with E-state index in [4.69, 9.17) is 0 Å². The fourth-order valence-electron chi connectivity index (χ4n) is 3.73. The van der Waals surface area contributed by atoms with Crippen molar-refractivity contribution in [2.75, 3.05) is 26.2 Å². The molecule has 1 saturated heterocycles. The SMILES string of the molecule is CC1=C(c2ccc(F)cc2)S(=O)(=O)N=C1N1CCCN(C(=O)CCC(C)C)CC1. The lowest BCUT2D eigenvalue weighted by Gasteiger charge is -2.24. The Morgan fingerprint density at radius 1 is 1.14 bits per heavy atom. The van der Waals surface area contributed by atoms with Gasteiger partial charge in [-0.3, -0.25) is 4.79 Å². The van der Waals surface area contributed by atoms with E-state index in [1.165, 1.54) is 24.3 Å². The molecule has 2 aliphatic heterocycles. The molecule has 0 saturated carbocycles. The van der Waals surface area contributed by atoms with Crippen LogP contribution in [-0.2, 0) is 14.8 Å². The monoisotopic (exact) mass is 421 g/mol. The standard InChI is InChI=1S/C21H28FN3O3S/c1-15(2)5-10-19(26)24-11-4-12-25(14-13-24)21-16(3)20(29(27,28)23-21)17-6-8-18(22)9-7-17/h6-9,15H,4-5,10-14H2,1-3H3. The summed E-state index contributed by atoms with van der Waals surface area (Å²) >= 11 is 0. The number of halogens is 1. The molecule has 0 atom stereocenters. The molecule has 0 bridgehead atoms. The zero-order chi connectivity index (χ0) is 21.2. The Morgan fingerprint density at radius 3 is 2.48 bits per heavy atom. The molecule has 0 aromatic heterocycles. The summed E-state index contributed by atoms with van der Waals surface area (Å²) < 4.78 is 42.6. The number of rotatable bonds is 4. The molecule has 1 aromatic carbocycles. The van der Waals surface area contributed by atoms with Crippen LogP contribution in [0, 0.1) is 11.7 Å². The summed E-state index contributed by atoms with van der Waals surface area (Å²) in [5, 5.41) is 0. The molecular formula is C21H28FN3O3S. The van der Waals surface area contributed by atoms with Crippen molar-refractivity contribution in [3.63, 3.8) is 0 Å². The van der Waals surface area contributed by atoms with Gasteiger partial charge in [0.2, 0.25) is 5.91 Å². The van der Waals surface area contributed by atoms with Gasteiger partial charge in [0.25, 0.3) is 10.0 Å². The number of carbonyl (C=O) groups is 1. The number of hydrogen-bond donors (Lipinski definition) is 0. The van der Waals surface area contributed by atoms with Crippen LogP contribution >= 0.6 is 0 Å². The molecule has 3 rings (SSSR count). The quantitative estimate of drug-likeness (QED) is 0.748. The molecule has 29 heavy (non-hydrogen) atoms. The third-order valence-electron chi connectivity index (χ3n) is 5.33. The lowest BCUT2D eigenvalue weighted by atomic mass is 10.1. The topological polar surface area (TPSA) is 70.1 Å². The molecule has 1 amide bonds. The summed E-state index contributed by atoms with van der Waals surface area (Å²) in [6.45, 7) is 8.33. The van der Waals surface area contributed by atoms with Gasteiger partial charge in [0.1, 0.15) is 16.6 Å². The number of hydrogen-bond acceptors (Lipinski definition) is 4. The van der Waals surface area contributed by atoms with E-state index < -0.39 is 15.8 Å². The van der Waals surface area contributed by atoms with Gasteiger partial charge in [0, 0.05) is 38.2 Å². The Kier molecular flexibility index (Phi) is 6.41. The second-order valence-corrected chi connectivity index (χ2v) is 9.55. The maximum Gasteiger partial charge on any atom is 0.285 e. The van der Waals surface area contributed by atoms with Crippen LogP contribution in [-0.4, -0.2) is 56.1 Å². The Bertz CT molecular complexity index is 936. The second kappa shape index (κ2) is 8.65. The first kappa shape index (κ1) is 21.5. The number of amides is 1. The first-order chi connectivity index (χ1) is 13.7. The minimum absolute atomic E-state index is 0.126. The number of sulfonamides is 1. The summed E-state index contributed by atoms with van der Waals surface area (Å²) in [6.07, 6.45) is 2.17. The van der Waals surface area contributed by atoms with E-state index in [0.717, 1.165) is 12.8 Å². The summed E-state index contributed by atoms with van der Waals surface area (Å²) in [5.41, 5.74) is 0.999. The third kappa shape index (κ3) is 4.86. The Balaban J connectivity index is 1.77. The molecule has 1 aromatic rings. The predicted molar refractivity (Wildman–Crippen MR) is 112 cm³/mol. The highest BCUT2D eigenvalue weighted by Crippen LogP contribution is 2.33. The number of nitrogens with zero attached hydrogens (tertiary/aromatic N) is 3. The van der Waals surface area contributed by atoms with Crippen LogP contribution in [0.4, 0.5) is 4.39 Å². The molecule has 1 fully saturated rings. The molecule has 8 heteroatoms. The highest BCUT2D eigenvalue weighted by Gasteiger charge is 2.34. The van der Waals surface area contributed by atoms with Crippen LogP contribution in [0.1, 0.15) is 45.6 Å². The predicted octanol–water partition coefficient (Wildman–Crippen LogP) is 3.27. The summed E-state index contributed by atoms with van der Waals surface area (Å²) in [5.74, 6) is 0.651.